The summed E-state index contributed by atoms with van der Waals surface area (Å²) in [7, 11) is 3.03. The minimum atomic E-state index is -2.73. The number of likely N-dealkylation sites (N-methyl/N-ethyl adjacent to an activating group) is 1. The predicted molar refractivity (Wildman–Crippen MR) is 116 cm³/mol. The van der Waals surface area contributed by atoms with Crippen LogP contribution in [0.15, 0.2) is 29.0 Å². The van der Waals surface area contributed by atoms with E-state index >= 15 is 0 Å². The SMILES string of the molecule is CN(C)[C@@H]1C(=O)C(C(N)=O)=C(O)[C@@]2(O)C(=O)C3=C(O)c4c(ccc(NC(=O)O)c4O)C[C@H]3C[C@@H]12. The van der Waals surface area contributed by atoms with Crippen LogP contribution in [0.2, 0.25) is 0 Å². The van der Waals surface area contributed by atoms with Crippen LogP contribution in [0.1, 0.15) is 17.5 Å². The number of nitrogens with one attached hydrogen (secondary N) is 1. The number of carbonyl (C=O) groups excluding carboxylic acids is 3. The van der Waals surface area contributed by atoms with Crippen molar-refractivity contribution < 1.29 is 44.7 Å². The molecule has 34 heavy (non-hydrogen) atoms. The molecule has 0 unspecified atom stereocenters. The Balaban J connectivity index is 1.94. The number of carbonyl (C=O) groups is 4. The van der Waals surface area contributed by atoms with Crippen LogP contribution >= 0.6 is 0 Å². The second-order valence-electron chi connectivity index (χ2n) is 8.89. The number of fused-ring (bicyclic) bond motifs is 3. The number of aliphatic hydroxyl groups excluding tert-OH is 2. The molecule has 3 aliphatic carbocycles. The van der Waals surface area contributed by atoms with E-state index in [1.165, 1.54) is 31.1 Å². The molecule has 0 spiro atoms. The van der Waals surface area contributed by atoms with E-state index in [1.54, 1.807) is 0 Å². The van der Waals surface area contributed by atoms with Gasteiger partial charge < -0.3 is 31.3 Å². The quantitative estimate of drug-likeness (QED) is 0.232. The van der Waals surface area contributed by atoms with E-state index in [0.29, 0.717) is 5.56 Å². The number of aliphatic hydroxyl groups is 3. The Kier molecular flexibility index (Phi) is 5.18. The summed E-state index contributed by atoms with van der Waals surface area (Å²) in [5.74, 6) is -7.61. The maximum absolute atomic E-state index is 13.6. The number of hydrogen-bond acceptors (Lipinski definition) is 9. The van der Waals surface area contributed by atoms with Crippen molar-refractivity contribution in [3.05, 3.63) is 40.2 Å². The number of phenolic OH excluding ortho intramolecular Hbond substituents is 1. The molecule has 8 N–H and O–H groups in total. The lowest BCUT2D eigenvalue weighted by Crippen LogP contribution is -2.65. The molecule has 2 amide bonds. The maximum atomic E-state index is 13.6. The highest BCUT2D eigenvalue weighted by molar-refractivity contribution is 6.24. The second-order valence-corrected chi connectivity index (χ2v) is 8.89. The summed E-state index contributed by atoms with van der Waals surface area (Å²) in [5.41, 5.74) is 1.33. The van der Waals surface area contributed by atoms with Gasteiger partial charge in [0.15, 0.2) is 11.4 Å². The van der Waals surface area contributed by atoms with Gasteiger partial charge >= 0.3 is 6.09 Å². The van der Waals surface area contributed by atoms with Crippen LogP contribution in [-0.4, -0.2) is 79.7 Å². The fourth-order valence-corrected chi connectivity index (χ4v) is 5.43. The molecule has 0 bridgehead atoms. The molecule has 0 saturated heterocycles. The topological polar surface area (TPSA) is 211 Å². The minimum Gasteiger partial charge on any atom is -0.508 e. The van der Waals surface area contributed by atoms with E-state index in [1.807, 2.05) is 5.32 Å². The van der Waals surface area contributed by atoms with Crippen molar-refractivity contribution in [3.63, 3.8) is 0 Å². The van der Waals surface area contributed by atoms with E-state index in [9.17, 15) is 39.6 Å². The number of hydrogen-bond donors (Lipinski definition) is 7. The third-order valence-corrected chi connectivity index (χ3v) is 6.83. The molecule has 0 aromatic heterocycles. The average molecular weight is 473 g/mol. The first-order valence-corrected chi connectivity index (χ1v) is 10.3. The van der Waals surface area contributed by atoms with Gasteiger partial charge in [-0.25, -0.2) is 4.79 Å². The summed E-state index contributed by atoms with van der Waals surface area (Å²) in [4.78, 5) is 51.0. The Bertz CT molecular complexity index is 1230. The number of anilines is 1. The van der Waals surface area contributed by atoms with Crippen molar-refractivity contribution in [2.75, 3.05) is 19.4 Å². The van der Waals surface area contributed by atoms with Crippen molar-refractivity contribution in [2.24, 2.45) is 17.6 Å². The summed E-state index contributed by atoms with van der Waals surface area (Å²) >= 11 is 0. The molecule has 0 heterocycles. The fraction of sp³-hybridized carbons (Fsp3) is 0.364. The van der Waals surface area contributed by atoms with Crippen molar-refractivity contribution in [1.82, 2.24) is 4.90 Å². The monoisotopic (exact) mass is 473 g/mol. The Morgan fingerprint density at radius 3 is 2.38 bits per heavy atom. The molecular formula is C22H23N3O9. The Hall–Kier alpha value is -3.90. The van der Waals surface area contributed by atoms with Crippen LogP contribution in [0.5, 0.6) is 5.75 Å². The van der Waals surface area contributed by atoms with E-state index in [-0.39, 0.29) is 29.7 Å². The van der Waals surface area contributed by atoms with Crippen LogP contribution in [0.25, 0.3) is 5.76 Å². The van der Waals surface area contributed by atoms with Gasteiger partial charge in [-0.2, -0.15) is 0 Å². The largest absolute Gasteiger partial charge is 0.508 e. The third kappa shape index (κ3) is 2.99. The summed E-state index contributed by atoms with van der Waals surface area (Å²) in [6.07, 6.45) is -1.37. The summed E-state index contributed by atoms with van der Waals surface area (Å²) in [5, 5.41) is 54.8. The van der Waals surface area contributed by atoms with E-state index in [4.69, 9.17) is 10.8 Å². The van der Waals surface area contributed by atoms with Crippen molar-refractivity contribution >= 4 is 35.0 Å². The van der Waals surface area contributed by atoms with Gasteiger partial charge in [0, 0.05) is 11.5 Å². The van der Waals surface area contributed by atoms with Gasteiger partial charge in [0.25, 0.3) is 5.91 Å². The lowest BCUT2D eigenvalue weighted by atomic mass is 9.57. The summed E-state index contributed by atoms with van der Waals surface area (Å²) in [6, 6.07) is 1.63. The number of benzene rings is 1. The molecule has 12 nitrogen and oxygen atoms in total. The number of amides is 2. The zero-order valence-electron chi connectivity index (χ0n) is 18.2. The molecule has 12 heteroatoms. The molecule has 4 atom stereocenters. The second kappa shape index (κ2) is 7.57. The molecule has 180 valence electrons. The van der Waals surface area contributed by atoms with Crippen molar-refractivity contribution in [1.29, 1.82) is 0 Å². The van der Waals surface area contributed by atoms with E-state index in [2.05, 4.69) is 0 Å². The first kappa shape index (κ1) is 23.3. The number of rotatable bonds is 3. The van der Waals surface area contributed by atoms with E-state index < -0.39 is 69.9 Å². The van der Waals surface area contributed by atoms with Crippen LogP contribution in [-0.2, 0) is 20.8 Å². The highest BCUT2D eigenvalue weighted by Crippen LogP contribution is 2.53. The number of carboxylic acid groups (broad SMARTS) is 1. The van der Waals surface area contributed by atoms with Gasteiger partial charge in [0.05, 0.1) is 17.3 Å². The number of nitrogens with zero attached hydrogens (tertiary/aromatic N) is 1. The molecular weight excluding hydrogens is 450 g/mol. The predicted octanol–water partition coefficient (Wildman–Crippen LogP) is 0.0539. The van der Waals surface area contributed by atoms with Gasteiger partial charge in [0.1, 0.15) is 22.8 Å². The number of Topliss-reactive ketones (excluding diaryl/α,β-unsaturated/α-hetero) is 2. The average Bonchev–Trinajstić information content (AvgIpc) is 2.72. The number of phenols is 1. The maximum Gasteiger partial charge on any atom is 0.409 e. The van der Waals surface area contributed by atoms with Crippen molar-refractivity contribution in [3.8, 4) is 5.75 Å². The normalized spacial score (nSPS) is 28.4. The summed E-state index contributed by atoms with van der Waals surface area (Å²) in [6.45, 7) is 0. The van der Waals surface area contributed by atoms with Gasteiger partial charge in [-0.3, -0.25) is 24.6 Å². The number of primary amides is 1. The van der Waals surface area contributed by atoms with Gasteiger partial charge in [-0.15, -0.1) is 0 Å². The molecule has 1 fully saturated rings. The minimum absolute atomic E-state index is 0.0261. The Morgan fingerprint density at radius 1 is 1.18 bits per heavy atom. The third-order valence-electron chi connectivity index (χ3n) is 6.83. The number of nitrogens with two attached hydrogens (primary N) is 1. The van der Waals surface area contributed by atoms with Crippen molar-refractivity contribution in [2.45, 2.75) is 24.5 Å². The van der Waals surface area contributed by atoms with Gasteiger partial charge in [-0.05, 0) is 44.5 Å². The van der Waals surface area contributed by atoms with Gasteiger partial charge in [-0.1, -0.05) is 6.07 Å². The van der Waals surface area contributed by atoms with Gasteiger partial charge in [0.2, 0.25) is 5.78 Å². The van der Waals surface area contributed by atoms with Crippen LogP contribution < -0.4 is 11.1 Å². The molecule has 0 aliphatic heterocycles. The smallest absolute Gasteiger partial charge is 0.409 e. The molecule has 1 saturated carbocycles. The molecule has 1 aromatic carbocycles. The van der Waals surface area contributed by atoms with Crippen LogP contribution in [0.4, 0.5) is 10.5 Å². The fourth-order valence-electron chi connectivity index (χ4n) is 5.43. The highest BCUT2D eigenvalue weighted by Gasteiger charge is 2.64. The van der Waals surface area contributed by atoms with Crippen LogP contribution in [0, 0.1) is 11.8 Å². The number of ketones is 2. The number of aromatic hydroxyl groups is 1. The Morgan fingerprint density at radius 2 is 1.82 bits per heavy atom. The Labute approximate surface area is 192 Å². The zero-order chi connectivity index (χ0) is 25.3. The highest BCUT2D eigenvalue weighted by atomic mass is 16.4. The first-order valence-electron chi connectivity index (χ1n) is 10.3. The molecule has 1 aromatic rings. The zero-order valence-corrected chi connectivity index (χ0v) is 18.2. The molecule has 4 rings (SSSR count). The van der Waals surface area contributed by atoms with E-state index in [0.717, 1.165) is 0 Å². The first-order chi connectivity index (χ1) is 15.8. The molecule has 0 radical (unpaired) electrons. The summed E-state index contributed by atoms with van der Waals surface area (Å²) < 4.78 is 0. The van der Waals surface area contributed by atoms with Crippen LogP contribution in [0.3, 0.4) is 0 Å². The lowest BCUT2D eigenvalue weighted by Gasteiger charge is -2.50. The lowest BCUT2D eigenvalue weighted by molar-refractivity contribution is -0.153. The standard InChI is InChI=1S/C22H23N3O9/c1-25(2)14-9-6-8-5-7-3-4-10(24-21(32)33)15(26)11(7)16(27)12(8)18(29)22(9,34)19(30)13(17(14)28)20(23)31/h3-4,8-9,14,24,26-27,30,34H,5-6H2,1-2H3,(H2,23,31)(H,32,33)/t8-,9-,14-,22-/m0/s1. The molecule has 3 aliphatic rings.